The quantitative estimate of drug-likeness (QED) is 0.734. The monoisotopic (exact) mass is 353 g/mol. The number of esters is 1. The zero-order chi connectivity index (χ0) is 17.7. The van der Waals surface area contributed by atoms with E-state index in [-0.39, 0.29) is 25.2 Å². The van der Waals surface area contributed by atoms with Crippen LogP contribution >= 0.6 is 11.3 Å². The standard InChI is InChI=1S/C17H23NO5S/c1-3-10-7-8-11-12(9-10)24-16(15(11)17(22)23-2)18-13(19)5-4-6-14(20)21/h10H,3-9H2,1-2H3,(H,18,19)(H,20,21)/t10-/m0/s1. The van der Waals surface area contributed by atoms with Gasteiger partial charge in [-0.2, -0.15) is 0 Å². The van der Waals surface area contributed by atoms with E-state index in [1.165, 1.54) is 18.4 Å². The van der Waals surface area contributed by atoms with Crippen LogP contribution < -0.4 is 5.32 Å². The fourth-order valence-corrected chi connectivity index (χ4v) is 4.36. The lowest BCUT2D eigenvalue weighted by Crippen LogP contribution is -2.16. The smallest absolute Gasteiger partial charge is 0.341 e. The number of thiophene rings is 1. The Balaban J connectivity index is 2.16. The number of aliphatic carboxylic acids is 1. The van der Waals surface area contributed by atoms with Crippen molar-refractivity contribution in [3.05, 3.63) is 16.0 Å². The molecule has 0 spiro atoms. The van der Waals surface area contributed by atoms with E-state index in [1.54, 1.807) is 0 Å². The molecule has 1 aliphatic rings. The molecule has 0 bridgehead atoms. The fraction of sp³-hybridized carbons (Fsp3) is 0.588. The maximum atomic E-state index is 12.2. The van der Waals surface area contributed by atoms with Crippen molar-refractivity contribution in [2.24, 2.45) is 5.92 Å². The molecule has 7 heteroatoms. The van der Waals surface area contributed by atoms with Crippen LogP contribution in [0.4, 0.5) is 5.00 Å². The largest absolute Gasteiger partial charge is 0.481 e. The molecule has 6 nitrogen and oxygen atoms in total. The van der Waals surface area contributed by atoms with Crippen LogP contribution in [0.15, 0.2) is 0 Å². The Morgan fingerprint density at radius 1 is 1.33 bits per heavy atom. The van der Waals surface area contributed by atoms with Crippen molar-refractivity contribution in [3.63, 3.8) is 0 Å². The van der Waals surface area contributed by atoms with E-state index in [9.17, 15) is 14.4 Å². The summed E-state index contributed by atoms with van der Waals surface area (Å²) in [5.41, 5.74) is 1.47. The van der Waals surface area contributed by atoms with Crippen molar-refractivity contribution in [2.45, 2.75) is 51.9 Å². The SMILES string of the molecule is CC[C@H]1CCc2c(sc(NC(=O)CCCC(=O)O)c2C(=O)OC)C1. The third kappa shape index (κ3) is 4.35. The number of carbonyl (C=O) groups is 3. The van der Waals surface area contributed by atoms with Crippen LogP contribution in [0.5, 0.6) is 0 Å². The number of hydrogen-bond acceptors (Lipinski definition) is 5. The highest BCUT2D eigenvalue weighted by Gasteiger charge is 2.29. The van der Waals surface area contributed by atoms with E-state index in [0.29, 0.717) is 16.5 Å². The molecule has 132 valence electrons. The summed E-state index contributed by atoms with van der Waals surface area (Å²) >= 11 is 1.44. The van der Waals surface area contributed by atoms with Gasteiger partial charge in [-0.3, -0.25) is 9.59 Å². The Hall–Kier alpha value is -1.89. The van der Waals surface area contributed by atoms with E-state index < -0.39 is 11.9 Å². The zero-order valence-electron chi connectivity index (χ0n) is 14.0. The molecule has 1 aliphatic carbocycles. The van der Waals surface area contributed by atoms with Crippen LogP contribution in [-0.4, -0.2) is 30.1 Å². The molecule has 1 aromatic rings. The van der Waals surface area contributed by atoms with E-state index in [0.717, 1.165) is 36.1 Å². The van der Waals surface area contributed by atoms with Gasteiger partial charge in [0, 0.05) is 17.7 Å². The number of amides is 1. The summed E-state index contributed by atoms with van der Waals surface area (Å²) in [6, 6.07) is 0. The fourth-order valence-electron chi connectivity index (χ4n) is 3.00. The van der Waals surface area contributed by atoms with E-state index in [4.69, 9.17) is 9.84 Å². The summed E-state index contributed by atoms with van der Waals surface area (Å²) in [6.07, 6.45) is 4.23. The number of carboxylic acid groups (broad SMARTS) is 1. The van der Waals surface area contributed by atoms with Crippen molar-refractivity contribution in [3.8, 4) is 0 Å². The molecule has 0 aromatic carbocycles. The minimum absolute atomic E-state index is 0.0452. The van der Waals surface area contributed by atoms with Crippen LogP contribution in [0.1, 0.15) is 59.8 Å². The first-order valence-corrected chi connectivity index (χ1v) is 9.02. The molecule has 0 radical (unpaired) electrons. The second-order valence-corrected chi connectivity index (χ2v) is 7.12. The average Bonchev–Trinajstić information content (AvgIpc) is 2.90. The van der Waals surface area contributed by atoms with Gasteiger partial charge >= 0.3 is 11.9 Å². The molecule has 2 rings (SSSR count). The number of methoxy groups -OCH3 is 1. The second-order valence-electron chi connectivity index (χ2n) is 6.01. The third-order valence-electron chi connectivity index (χ3n) is 4.38. The van der Waals surface area contributed by atoms with Gasteiger partial charge in [0.15, 0.2) is 0 Å². The van der Waals surface area contributed by atoms with Gasteiger partial charge in [0.2, 0.25) is 5.91 Å². The van der Waals surface area contributed by atoms with Crippen LogP contribution in [0.25, 0.3) is 0 Å². The molecule has 1 atom stereocenters. The first kappa shape index (κ1) is 18.4. The van der Waals surface area contributed by atoms with Gasteiger partial charge in [-0.05, 0) is 37.2 Å². The molecule has 2 N–H and O–H groups in total. The number of fused-ring (bicyclic) bond motifs is 1. The predicted octanol–water partition coefficient (Wildman–Crippen LogP) is 3.24. The average molecular weight is 353 g/mol. The van der Waals surface area contributed by atoms with Crippen LogP contribution in [-0.2, 0) is 27.2 Å². The number of ether oxygens (including phenoxy) is 1. The van der Waals surface area contributed by atoms with Gasteiger partial charge in [-0.15, -0.1) is 11.3 Å². The number of carboxylic acids is 1. The van der Waals surface area contributed by atoms with Gasteiger partial charge in [-0.1, -0.05) is 13.3 Å². The molecular formula is C17H23NO5S. The summed E-state index contributed by atoms with van der Waals surface area (Å²) < 4.78 is 4.89. The third-order valence-corrected chi connectivity index (χ3v) is 5.55. The van der Waals surface area contributed by atoms with Crippen molar-refractivity contribution >= 4 is 34.2 Å². The number of carbonyl (C=O) groups excluding carboxylic acids is 2. The number of anilines is 1. The lowest BCUT2D eigenvalue weighted by molar-refractivity contribution is -0.137. The Morgan fingerprint density at radius 2 is 2.08 bits per heavy atom. The van der Waals surface area contributed by atoms with Crippen LogP contribution in [0.2, 0.25) is 0 Å². The highest BCUT2D eigenvalue weighted by atomic mass is 32.1. The minimum Gasteiger partial charge on any atom is -0.481 e. The van der Waals surface area contributed by atoms with Crippen molar-refractivity contribution in [1.29, 1.82) is 0 Å². The van der Waals surface area contributed by atoms with Gasteiger partial charge < -0.3 is 15.2 Å². The van der Waals surface area contributed by atoms with E-state index in [1.807, 2.05) is 0 Å². The molecule has 0 unspecified atom stereocenters. The van der Waals surface area contributed by atoms with Crippen LogP contribution in [0, 0.1) is 5.92 Å². The summed E-state index contributed by atoms with van der Waals surface area (Å²) in [6.45, 7) is 2.16. The molecule has 0 fully saturated rings. The Bertz CT molecular complexity index is 637. The Kier molecular flexibility index (Phi) is 6.36. The summed E-state index contributed by atoms with van der Waals surface area (Å²) in [7, 11) is 1.34. The van der Waals surface area contributed by atoms with E-state index >= 15 is 0 Å². The molecule has 1 amide bonds. The summed E-state index contributed by atoms with van der Waals surface area (Å²) in [5, 5.41) is 11.9. The summed E-state index contributed by atoms with van der Waals surface area (Å²) in [5.74, 6) is -1.01. The number of rotatable bonds is 7. The molecule has 0 saturated carbocycles. The maximum absolute atomic E-state index is 12.2. The molecular weight excluding hydrogens is 330 g/mol. The van der Waals surface area contributed by atoms with E-state index in [2.05, 4.69) is 12.2 Å². The maximum Gasteiger partial charge on any atom is 0.341 e. The first-order chi connectivity index (χ1) is 11.5. The lowest BCUT2D eigenvalue weighted by Gasteiger charge is -2.20. The molecule has 1 heterocycles. The number of nitrogens with one attached hydrogen (secondary N) is 1. The first-order valence-electron chi connectivity index (χ1n) is 8.20. The van der Waals surface area contributed by atoms with Crippen molar-refractivity contribution < 1.29 is 24.2 Å². The van der Waals surface area contributed by atoms with Crippen LogP contribution in [0.3, 0.4) is 0 Å². The molecule has 0 aliphatic heterocycles. The highest BCUT2D eigenvalue weighted by Crippen LogP contribution is 2.40. The minimum atomic E-state index is -0.921. The van der Waals surface area contributed by atoms with Crippen molar-refractivity contribution in [1.82, 2.24) is 0 Å². The van der Waals surface area contributed by atoms with Gasteiger partial charge in [0.05, 0.1) is 12.7 Å². The topological polar surface area (TPSA) is 92.7 Å². The summed E-state index contributed by atoms with van der Waals surface area (Å²) in [4.78, 5) is 35.9. The highest BCUT2D eigenvalue weighted by molar-refractivity contribution is 7.17. The normalized spacial score (nSPS) is 16.3. The zero-order valence-corrected chi connectivity index (χ0v) is 14.8. The lowest BCUT2D eigenvalue weighted by atomic mass is 9.85. The van der Waals surface area contributed by atoms with Gasteiger partial charge in [0.1, 0.15) is 5.00 Å². The number of hydrogen-bond donors (Lipinski definition) is 2. The molecule has 1 aromatic heterocycles. The second kappa shape index (κ2) is 8.28. The van der Waals surface area contributed by atoms with Gasteiger partial charge in [0.25, 0.3) is 0 Å². The molecule has 24 heavy (non-hydrogen) atoms. The Morgan fingerprint density at radius 3 is 2.71 bits per heavy atom. The van der Waals surface area contributed by atoms with Gasteiger partial charge in [-0.25, -0.2) is 4.79 Å². The predicted molar refractivity (Wildman–Crippen MR) is 91.6 cm³/mol. The van der Waals surface area contributed by atoms with Crippen molar-refractivity contribution in [2.75, 3.05) is 12.4 Å². The Labute approximate surface area is 145 Å². The molecule has 0 saturated heterocycles.